The number of anilines is 2. The van der Waals surface area contributed by atoms with Gasteiger partial charge in [-0.2, -0.15) is 0 Å². The Hall–Kier alpha value is -3.39. The van der Waals surface area contributed by atoms with E-state index in [4.69, 9.17) is 0 Å². The van der Waals surface area contributed by atoms with Gasteiger partial charge in [0.1, 0.15) is 6.54 Å². The third-order valence-electron chi connectivity index (χ3n) is 3.76. The van der Waals surface area contributed by atoms with Crippen LogP contribution in [0.4, 0.5) is 16.2 Å². The Morgan fingerprint density at radius 2 is 1.61 bits per heavy atom. The van der Waals surface area contributed by atoms with Gasteiger partial charge in [0.25, 0.3) is 11.1 Å². The van der Waals surface area contributed by atoms with Gasteiger partial charge in [0, 0.05) is 18.3 Å². The maximum atomic E-state index is 12.5. The van der Waals surface area contributed by atoms with Crippen LogP contribution in [0, 0.1) is 0 Å². The van der Waals surface area contributed by atoms with Crippen LogP contribution in [0.5, 0.6) is 0 Å². The first-order valence-corrected chi connectivity index (χ1v) is 9.22. The third kappa shape index (κ3) is 4.86. The Morgan fingerprint density at radius 3 is 2.25 bits per heavy atom. The molecule has 28 heavy (non-hydrogen) atoms. The minimum Gasteiger partial charge on any atom is -0.326 e. The molecule has 3 rings (SSSR count). The molecule has 1 fully saturated rings. The van der Waals surface area contributed by atoms with Crippen molar-refractivity contribution in [2.75, 3.05) is 17.2 Å². The molecule has 1 heterocycles. The van der Waals surface area contributed by atoms with Crippen LogP contribution in [0.25, 0.3) is 6.08 Å². The van der Waals surface area contributed by atoms with E-state index in [0.29, 0.717) is 16.9 Å². The standard InChI is InChI=1S/C20H17N3O4S/c1-13(24)21-16-9-7-14(8-10-16)11-17-19(26)23(20(27)28-17)12-18(25)22-15-5-3-2-4-6-15/h2-11H,12H2,1H3,(H,21,24)(H,22,25)/b17-11-. The van der Waals surface area contributed by atoms with Crippen molar-refractivity contribution in [3.05, 3.63) is 65.1 Å². The van der Waals surface area contributed by atoms with E-state index in [1.165, 1.54) is 6.92 Å². The van der Waals surface area contributed by atoms with Gasteiger partial charge in [0.2, 0.25) is 11.8 Å². The predicted octanol–water partition coefficient (Wildman–Crippen LogP) is 3.32. The Morgan fingerprint density at radius 1 is 0.964 bits per heavy atom. The molecule has 142 valence electrons. The second-order valence-corrected chi connectivity index (χ2v) is 6.98. The molecule has 1 saturated heterocycles. The number of thioether (sulfide) groups is 1. The SMILES string of the molecule is CC(=O)Nc1ccc(/C=C2\SC(=O)N(CC(=O)Nc3ccccc3)C2=O)cc1. The minimum atomic E-state index is -0.510. The van der Waals surface area contributed by atoms with Crippen LogP contribution in [-0.2, 0) is 14.4 Å². The van der Waals surface area contributed by atoms with E-state index < -0.39 is 17.1 Å². The average Bonchev–Trinajstić information content (AvgIpc) is 2.91. The molecule has 4 amide bonds. The number of amides is 4. The van der Waals surface area contributed by atoms with Gasteiger partial charge >= 0.3 is 0 Å². The van der Waals surface area contributed by atoms with Crippen LogP contribution < -0.4 is 10.6 Å². The van der Waals surface area contributed by atoms with Crippen LogP contribution in [0.2, 0.25) is 0 Å². The molecule has 8 heteroatoms. The summed E-state index contributed by atoms with van der Waals surface area (Å²) in [5.74, 6) is -1.14. The molecule has 7 nitrogen and oxygen atoms in total. The van der Waals surface area contributed by atoms with Crippen LogP contribution in [0.15, 0.2) is 59.5 Å². The molecular weight excluding hydrogens is 378 g/mol. The van der Waals surface area contributed by atoms with Gasteiger partial charge in [-0.25, -0.2) is 0 Å². The van der Waals surface area contributed by atoms with E-state index in [-0.39, 0.29) is 17.4 Å². The first-order chi connectivity index (χ1) is 13.4. The van der Waals surface area contributed by atoms with Gasteiger partial charge in [0.05, 0.1) is 4.91 Å². The first-order valence-electron chi connectivity index (χ1n) is 8.40. The third-order valence-corrected chi connectivity index (χ3v) is 4.67. The quantitative estimate of drug-likeness (QED) is 0.757. The van der Waals surface area contributed by atoms with Crippen molar-refractivity contribution in [2.45, 2.75) is 6.92 Å². The zero-order valence-electron chi connectivity index (χ0n) is 15.0. The molecule has 2 aromatic rings. The molecular formula is C20H17N3O4S. The summed E-state index contributed by atoms with van der Waals surface area (Å²) in [6.07, 6.45) is 1.58. The van der Waals surface area contributed by atoms with E-state index in [1.54, 1.807) is 54.6 Å². The lowest BCUT2D eigenvalue weighted by atomic mass is 10.2. The van der Waals surface area contributed by atoms with Crippen LogP contribution >= 0.6 is 11.8 Å². The Bertz CT molecular complexity index is 955. The molecule has 0 spiro atoms. The lowest BCUT2D eigenvalue weighted by Gasteiger charge is -2.12. The van der Waals surface area contributed by atoms with Gasteiger partial charge in [-0.3, -0.25) is 24.1 Å². The monoisotopic (exact) mass is 395 g/mol. The average molecular weight is 395 g/mol. The fourth-order valence-corrected chi connectivity index (χ4v) is 3.36. The summed E-state index contributed by atoms with van der Waals surface area (Å²) in [7, 11) is 0. The maximum Gasteiger partial charge on any atom is 0.294 e. The molecule has 0 unspecified atom stereocenters. The molecule has 1 aliphatic heterocycles. The summed E-state index contributed by atoms with van der Waals surface area (Å²) in [5, 5.41) is 4.81. The van der Waals surface area contributed by atoms with Crippen molar-refractivity contribution in [2.24, 2.45) is 0 Å². The number of carbonyl (C=O) groups is 4. The highest BCUT2D eigenvalue weighted by Crippen LogP contribution is 2.32. The molecule has 2 N–H and O–H groups in total. The number of benzene rings is 2. The van der Waals surface area contributed by atoms with E-state index in [1.807, 2.05) is 6.07 Å². The van der Waals surface area contributed by atoms with Crippen molar-refractivity contribution >= 4 is 52.2 Å². The number of nitrogens with zero attached hydrogens (tertiary/aromatic N) is 1. The summed E-state index contributed by atoms with van der Waals surface area (Å²) in [6, 6.07) is 15.6. The summed E-state index contributed by atoms with van der Waals surface area (Å²) < 4.78 is 0. The van der Waals surface area contributed by atoms with E-state index >= 15 is 0 Å². The topological polar surface area (TPSA) is 95.6 Å². The molecule has 0 aliphatic carbocycles. The van der Waals surface area contributed by atoms with Gasteiger partial charge in [-0.15, -0.1) is 0 Å². The van der Waals surface area contributed by atoms with Crippen molar-refractivity contribution < 1.29 is 19.2 Å². The van der Waals surface area contributed by atoms with Crippen LogP contribution in [0.1, 0.15) is 12.5 Å². The summed E-state index contributed by atoms with van der Waals surface area (Å²) in [6.45, 7) is 1.07. The van der Waals surface area contributed by atoms with Gasteiger partial charge in [-0.05, 0) is 47.7 Å². The van der Waals surface area contributed by atoms with E-state index in [2.05, 4.69) is 10.6 Å². The number of imide groups is 1. The largest absolute Gasteiger partial charge is 0.326 e. The lowest BCUT2D eigenvalue weighted by Crippen LogP contribution is -2.36. The van der Waals surface area contributed by atoms with Gasteiger partial charge in [0.15, 0.2) is 0 Å². The second kappa shape index (κ2) is 8.53. The molecule has 0 aromatic heterocycles. The van der Waals surface area contributed by atoms with Crippen LogP contribution in [-0.4, -0.2) is 34.4 Å². The number of hydrogen-bond donors (Lipinski definition) is 2. The molecule has 0 bridgehead atoms. The van der Waals surface area contributed by atoms with Crippen molar-refractivity contribution in [1.82, 2.24) is 4.90 Å². The number of rotatable bonds is 5. The predicted molar refractivity (Wildman–Crippen MR) is 108 cm³/mol. The number of para-hydroxylation sites is 1. The summed E-state index contributed by atoms with van der Waals surface area (Å²) >= 11 is 0.789. The van der Waals surface area contributed by atoms with E-state index in [0.717, 1.165) is 16.7 Å². The summed E-state index contributed by atoms with van der Waals surface area (Å²) in [4.78, 5) is 49.0. The molecule has 0 atom stereocenters. The lowest BCUT2D eigenvalue weighted by molar-refractivity contribution is -0.127. The zero-order valence-corrected chi connectivity index (χ0v) is 15.8. The van der Waals surface area contributed by atoms with Crippen LogP contribution in [0.3, 0.4) is 0 Å². The molecule has 1 aliphatic rings. The van der Waals surface area contributed by atoms with Crippen molar-refractivity contribution in [1.29, 1.82) is 0 Å². The fourth-order valence-electron chi connectivity index (χ4n) is 2.52. The normalized spacial score (nSPS) is 15.0. The Balaban J connectivity index is 1.66. The smallest absolute Gasteiger partial charge is 0.294 e. The second-order valence-electron chi connectivity index (χ2n) is 5.99. The highest BCUT2D eigenvalue weighted by atomic mass is 32.2. The van der Waals surface area contributed by atoms with E-state index in [9.17, 15) is 19.2 Å². The zero-order chi connectivity index (χ0) is 20.1. The molecule has 2 aromatic carbocycles. The highest BCUT2D eigenvalue weighted by molar-refractivity contribution is 8.18. The van der Waals surface area contributed by atoms with Crippen molar-refractivity contribution in [3.63, 3.8) is 0 Å². The first kappa shape index (κ1) is 19.4. The molecule has 0 radical (unpaired) electrons. The number of hydrogen-bond acceptors (Lipinski definition) is 5. The van der Waals surface area contributed by atoms with Gasteiger partial charge < -0.3 is 10.6 Å². The fraction of sp³-hybridized carbons (Fsp3) is 0.100. The highest BCUT2D eigenvalue weighted by Gasteiger charge is 2.36. The van der Waals surface area contributed by atoms with Crippen molar-refractivity contribution in [3.8, 4) is 0 Å². The minimum absolute atomic E-state index is 0.178. The number of nitrogens with one attached hydrogen (secondary N) is 2. The summed E-state index contributed by atoms with van der Waals surface area (Å²) in [5.41, 5.74) is 1.93. The Kier molecular flexibility index (Phi) is 5.90. The van der Waals surface area contributed by atoms with Gasteiger partial charge in [-0.1, -0.05) is 30.3 Å². The molecule has 0 saturated carbocycles. The maximum absolute atomic E-state index is 12.5. The number of carbonyl (C=O) groups excluding carboxylic acids is 4. The Labute approximate surface area is 165 Å².